The summed E-state index contributed by atoms with van der Waals surface area (Å²) in [5.41, 5.74) is 6.95. The molecule has 1 aliphatic rings. The number of carbonyl (C=O) groups excluding carboxylic acids is 1. The van der Waals surface area contributed by atoms with Gasteiger partial charge in [0.1, 0.15) is 5.25 Å². The molecule has 0 unspecified atom stereocenters. The van der Waals surface area contributed by atoms with E-state index in [1.807, 2.05) is 42.5 Å². The molecular formula is C21H21N3O3S. The number of nitrogens with two attached hydrogens (primary N) is 1. The molecule has 0 saturated carbocycles. The Kier molecular flexibility index (Phi) is 5.45. The molecule has 2 atom stereocenters. The lowest BCUT2D eigenvalue weighted by Crippen LogP contribution is -2.29. The third-order valence-electron chi connectivity index (χ3n) is 4.82. The van der Waals surface area contributed by atoms with Crippen LogP contribution < -0.4 is 11.3 Å². The summed E-state index contributed by atoms with van der Waals surface area (Å²) in [6, 6.07) is 16.6. The molecule has 0 spiro atoms. The maximum Gasteiger partial charge on any atom is 0.262 e. The SMILES string of the molecule is NC(=O)[C@H](Sc1nc2ccccc2c(=O)n1C[C@@H]1CCCO1)c1ccccc1. The zero-order valence-electron chi connectivity index (χ0n) is 15.3. The molecule has 0 radical (unpaired) electrons. The molecule has 1 aliphatic heterocycles. The second-order valence-corrected chi connectivity index (χ2v) is 7.85. The molecular weight excluding hydrogens is 374 g/mol. The quantitative estimate of drug-likeness (QED) is 0.512. The van der Waals surface area contributed by atoms with E-state index in [1.165, 1.54) is 11.8 Å². The first-order valence-corrected chi connectivity index (χ1v) is 10.1. The third kappa shape index (κ3) is 3.81. The lowest BCUT2D eigenvalue weighted by Gasteiger charge is -2.19. The van der Waals surface area contributed by atoms with Crippen molar-refractivity contribution in [2.45, 2.75) is 35.9 Å². The van der Waals surface area contributed by atoms with Crippen LogP contribution in [-0.4, -0.2) is 28.2 Å². The van der Waals surface area contributed by atoms with E-state index in [-0.39, 0.29) is 11.7 Å². The summed E-state index contributed by atoms with van der Waals surface area (Å²) in [5, 5.41) is 0.400. The summed E-state index contributed by atoms with van der Waals surface area (Å²) in [5.74, 6) is -0.470. The lowest BCUT2D eigenvalue weighted by molar-refractivity contribution is -0.117. The van der Waals surface area contributed by atoms with Crippen LogP contribution in [0, 0.1) is 0 Å². The number of hydrogen-bond donors (Lipinski definition) is 1. The molecule has 2 N–H and O–H groups in total. The summed E-state index contributed by atoms with van der Waals surface area (Å²) in [6.07, 6.45) is 1.86. The molecule has 144 valence electrons. The highest BCUT2D eigenvalue weighted by Gasteiger charge is 2.25. The van der Waals surface area contributed by atoms with Crippen molar-refractivity contribution in [1.82, 2.24) is 9.55 Å². The first kappa shape index (κ1) is 18.7. The molecule has 1 aromatic heterocycles. The first-order valence-electron chi connectivity index (χ1n) is 9.25. The Morgan fingerprint density at radius 3 is 2.68 bits per heavy atom. The normalized spacial score (nSPS) is 17.6. The Bertz CT molecular complexity index is 1050. The molecule has 0 aliphatic carbocycles. The van der Waals surface area contributed by atoms with Gasteiger partial charge in [0.15, 0.2) is 5.16 Å². The standard InChI is InChI=1S/C21H21N3O3S/c22-19(25)18(14-7-2-1-3-8-14)28-21-23-17-11-5-4-10-16(17)20(26)24(21)13-15-9-6-12-27-15/h1-5,7-8,10-11,15,18H,6,9,12-13H2,(H2,22,25)/t15-,18+/m0/s1. The summed E-state index contributed by atoms with van der Waals surface area (Å²) in [4.78, 5) is 30.0. The van der Waals surface area contributed by atoms with Gasteiger partial charge < -0.3 is 10.5 Å². The van der Waals surface area contributed by atoms with Crippen LogP contribution in [0.4, 0.5) is 0 Å². The summed E-state index contributed by atoms with van der Waals surface area (Å²) < 4.78 is 7.35. The van der Waals surface area contributed by atoms with E-state index in [1.54, 1.807) is 16.7 Å². The van der Waals surface area contributed by atoms with Crippen molar-refractivity contribution in [2.75, 3.05) is 6.61 Å². The van der Waals surface area contributed by atoms with E-state index < -0.39 is 11.2 Å². The number of aromatic nitrogens is 2. The van der Waals surface area contributed by atoms with E-state index in [9.17, 15) is 9.59 Å². The Balaban J connectivity index is 1.79. The number of amides is 1. The molecule has 1 amide bonds. The number of para-hydroxylation sites is 1. The minimum atomic E-state index is -0.634. The van der Waals surface area contributed by atoms with Gasteiger partial charge in [-0.2, -0.15) is 0 Å². The smallest absolute Gasteiger partial charge is 0.262 e. The van der Waals surface area contributed by atoms with Crippen LogP contribution in [0.3, 0.4) is 0 Å². The summed E-state index contributed by atoms with van der Waals surface area (Å²) >= 11 is 1.21. The average Bonchev–Trinajstić information content (AvgIpc) is 3.22. The largest absolute Gasteiger partial charge is 0.376 e. The van der Waals surface area contributed by atoms with Crippen LogP contribution in [-0.2, 0) is 16.1 Å². The van der Waals surface area contributed by atoms with Crippen LogP contribution in [0.5, 0.6) is 0 Å². The number of rotatable bonds is 6. The summed E-state index contributed by atoms with van der Waals surface area (Å²) in [6.45, 7) is 1.12. The van der Waals surface area contributed by atoms with E-state index in [4.69, 9.17) is 10.5 Å². The Labute approximate surface area is 166 Å². The molecule has 1 saturated heterocycles. The van der Waals surface area contributed by atoms with E-state index in [2.05, 4.69) is 4.98 Å². The van der Waals surface area contributed by atoms with Crippen LogP contribution >= 0.6 is 11.8 Å². The number of benzene rings is 2. The molecule has 0 bridgehead atoms. The number of nitrogens with zero attached hydrogens (tertiary/aromatic N) is 2. The van der Waals surface area contributed by atoms with Crippen LogP contribution in [0.15, 0.2) is 64.5 Å². The fraction of sp³-hybridized carbons (Fsp3) is 0.286. The van der Waals surface area contributed by atoms with Crippen molar-refractivity contribution in [1.29, 1.82) is 0 Å². The first-order chi connectivity index (χ1) is 13.6. The zero-order chi connectivity index (χ0) is 19.5. The van der Waals surface area contributed by atoms with Gasteiger partial charge >= 0.3 is 0 Å². The number of fused-ring (bicyclic) bond motifs is 1. The Hall–Kier alpha value is -2.64. The fourth-order valence-electron chi connectivity index (χ4n) is 3.41. The second kappa shape index (κ2) is 8.16. The molecule has 28 heavy (non-hydrogen) atoms. The van der Waals surface area contributed by atoms with Gasteiger partial charge in [0, 0.05) is 6.61 Å². The van der Waals surface area contributed by atoms with Crippen molar-refractivity contribution >= 4 is 28.6 Å². The van der Waals surface area contributed by atoms with Gasteiger partial charge in [-0.3, -0.25) is 14.2 Å². The van der Waals surface area contributed by atoms with Gasteiger partial charge in [0.25, 0.3) is 5.56 Å². The predicted octanol–water partition coefficient (Wildman–Crippen LogP) is 2.89. The van der Waals surface area contributed by atoms with Crippen molar-refractivity contribution in [3.63, 3.8) is 0 Å². The third-order valence-corrected chi connectivity index (χ3v) is 6.08. The number of thioether (sulfide) groups is 1. The van der Waals surface area contributed by atoms with Crippen molar-refractivity contribution < 1.29 is 9.53 Å². The van der Waals surface area contributed by atoms with Crippen molar-refractivity contribution in [2.24, 2.45) is 5.73 Å². The van der Waals surface area contributed by atoms with E-state index in [0.29, 0.717) is 29.2 Å². The van der Waals surface area contributed by atoms with Gasteiger partial charge in [0.05, 0.1) is 23.6 Å². The van der Waals surface area contributed by atoms with Crippen LogP contribution in [0.2, 0.25) is 0 Å². The Morgan fingerprint density at radius 2 is 1.96 bits per heavy atom. The highest BCUT2D eigenvalue weighted by molar-refractivity contribution is 8.00. The highest BCUT2D eigenvalue weighted by atomic mass is 32.2. The maximum absolute atomic E-state index is 13.2. The number of ether oxygens (including phenoxy) is 1. The minimum Gasteiger partial charge on any atom is -0.376 e. The highest BCUT2D eigenvalue weighted by Crippen LogP contribution is 2.34. The van der Waals surface area contributed by atoms with Gasteiger partial charge in [0.2, 0.25) is 5.91 Å². The molecule has 1 fully saturated rings. The summed E-state index contributed by atoms with van der Waals surface area (Å²) in [7, 11) is 0. The Morgan fingerprint density at radius 1 is 1.21 bits per heavy atom. The van der Waals surface area contributed by atoms with Gasteiger partial charge in [-0.05, 0) is 30.5 Å². The lowest BCUT2D eigenvalue weighted by atomic mass is 10.1. The molecule has 2 aromatic carbocycles. The number of primary amides is 1. The zero-order valence-corrected chi connectivity index (χ0v) is 16.1. The fourth-order valence-corrected chi connectivity index (χ4v) is 4.47. The molecule has 3 aromatic rings. The second-order valence-electron chi connectivity index (χ2n) is 6.77. The van der Waals surface area contributed by atoms with Crippen LogP contribution in [0.1, 0.15) is 23.7 Å². The minimum absolute atomic E-state index is 0.0243. The van der Waals surface area contributed by atoms with E-state index in [0.717, 1.165) is 18.4 Å². The van der Waals surface area contributed by atoms with E-state index >= 15 is 0 Å². The van der Waals surface area contributed by atoms with Crippen LogP contribution in [0.25, 0.3) is 10.9 Å². The van der Waals surface area contributed by atoms with Gasteiger partial charge in [-0.25, -0.2) is 4.98 Å². The number of hydrogen-bond acceptors (Lipinski definition) is 5. The molecule has 7 heteroatoms. The monoisotopic (exact) mass is 395 g/mol. The molecule has 4 rings (SSSR count). The van der Waals surface area contributed by atoms with Crippen molar-refractivity contribution in [3.05, 3.63) is 70.5 Å². The predicted molar refractivity (Wildman–Crippen MR) is 109 cm³/mol. The van der Waals surface area contributed by atoms with Gasteiger partial charge in [-0.1, -0.05) is 54.2 Å². The molecule has 2 heterocycles. The van der Waals surface area contributed by atoms with Crippen molar-refractivity contribution in [3.8, 4) is 0 Å². The number of carbonyl (C=O) groups is 1. The topological polar surface area (TPSA) is 87.2 Å². The van der Waals surface area contributed by atoms with Gasteiger partial charge in [-0.15, -0.1) is 0 Å². The maximum atomic E-state index is 13.2. The molecule has 6 nitrogen and oxygen atoms in total. The average molecular weight is 395 g/mol.